The van der Waals surface area contributed by atoms with Crippen molar-refractivity contribution in [3.05, 3.63) is 51.5 Å². The number of thioether (sulfide) groups is 1. The standard InChI is InChI=1S/C14H12BrClN2OS/c1-20-12-4-2-3-11(13(12)14(17)18)19-10-6-5-8(16)7-9(10)15/h2-7H,1H3,(H3,17,18). The summed E-state index contributed by atoms with van der Waals surface area (Å²) in [5, 5.41) is 8.34. The van der Waals surface area contributed by atoms with Gasteiger partial charge in [0, 0.05) is 9.92 Å². The van der Waals surface area contributed by atoms with E-state index in [1.54, 1.807) is 24.3 Å². The fourth-order valence-electron chi connectivity index (χ4n) is 1.71. The first-order chi connectivity index (χ1) is 9.52. The number of halogens is 2. The Morgan fingerprint density at radius 2 is 2.05 bits per heavy atom. The Kier molecular flexibility index (Phi) is 4.96. The van der Waals surface area contributed by atoms with Crippen LogP contribution < -0.4 is 10.5 Å². The monoisotopic (exact) mass is 370 g/mol. The van der Waals surface area contributed by atoms with Crippen LogP contribution >= 0.6 is 39.3 Å². The van der Waals surface area contributed by atoms with Crippen molar-refractivity contribution in [2.24, 2.45) is 5.73 Å². The zero-order valence-electron chi connectivity index (χ0n) is 10.6. The molecule has 2 aromatic rings. The molecule has 0 radical (unpaired) electrons. The Balaban J connectivity index is 2.45. The molecule has 20 heavy (non-hydrogen) atoms. The molecule has 0 atom stereocenters. The van der Waals surface area contributed by atoms with E-state index >= 15 is 0 Å². The average Bonchev–Trinajstić information content (AvgIpc) is 2.41. The van der Waals surface area contributed by atoms with Gasteiger partial charge in [-0.15, -0.1) is 11.8 Å². The SMILES string of the molecule is CSc1cccc(Oc2ccc(Cl)cc2Br)c1C(=N)N. The number of nitrogen functional groups attached to an aromatic ring is 1. The molecule has 0 saturated heterocycles. The van der Waals surface area contributed by atoms with Crippen molar-refractivity contribution in [3.8, 4) is 11.5 Å². The lowest BCUT2D eigenvalue weighted by atomic mass is 10.2. The maximum absolute atomic E-state index is 7.73. The number of ether oxygens (including phenoxy) is 1. The molecule has 104 valence electrons. The lowest BCUT2D eigenvalue weighted by molar-refractivity contribution is 0.477. The fraction of sp³-hybridized carbons (Fsp3) is 0.0714. The van der Waals surface area contributed by atoms with Crippen LogP contribution in [-0.2, 0) is 0 Å². The van der Waals surface area contributed by atoms with Gasteiger partial charge in [0.2, 0.25) is 0 Å². The molecular weight excluding hydrogens is 360 g/mol. The summed E-state index contributed by atoms with van der Waals surface area (Å²) in [7, 11) is 0. The highest BCUT2D eigenvalue weighted by atomic mass is 79.9. The molecule has 0 unspecified atom stereocenters. The van der Waals surface area contributed by atoms with Crippen molar-refractivity contribution >= 4 is 45.1 Å². The summed E-state index contributed by atoms with van der Waals surface area (Å²) in [5.74, 6) is 1.15. The van der Waals surface area contributed by atoms with Crippen molar-refractivity contribution in [1.29, 1.82) is 5.41 Å². The minimum absolute atomic E-state index is 0.0185. The first-order valence-corrected chi connectivity index (χ1v) is 8.07. The molecule has 0 bridgehead atoms. The molecule has 6 heteroatoms. The molecule has 3 N–H and O–H groups in total. The quantitative estimate of drug-likeness (QED) is 0.456. The van der Waals surface area contributed by atoms with Crippen LogP contribution in [0.5, 0.6) is 11.5 Å². The highest BCUT2D eigenvalue weighted by Gasteiger charge is 2.14. The van der Waals surface area contributed by atoms with Crippen molar-refractivity contribution in [3.63, 3.8) is 0 Å². The second-order valence-corrected chi connectivity index (χ2v) is 6.06. The van der Waals surface area contributed by atoms with Gasteiger partial charge in [-0.1, -0.05) is 17.7 Å². The van der Waals surface area contributed by atoms with Crippen LogP contribution in [0, 0.1) is 5.41 Å². The van der Waals surface area contributed by atoms with E-state index in [1.807, 2.05) is 18.4 Å². The van der Waals surface area contributed by atoms with E-state index < -0.39 is 0 Å². The number of benzene rings is 2. The van der Waals surface area contributed by atoms with Crippen LogP contribution in [0.2, 0.25) is 5.02 Å². The number of rotatable bonds is 4. The van der Waals surface area contributed by atoms with E-state index in [9.17, 15) is 0 Å². The molecule has 0 aromatic heterocycles. The molecular formula is C14H12BrClN2OS. The number of hydrogen-bond acceptors (Lipinski definition) is 3. The maximum atomic E-state index is 7.73. The molecule has 0 amide bonds. The summed E-state index contributed by atoms with van der Waals surface area (Å²) >= 11 is 10.8. The third kappa shape index (κ3) is 3.29. The van der Waals surface area contributed by atoms with Crippen molar-refractivity contribution < 1.29 is 4.74 Å². The summed E-state index contributed by atoms with van der Waals surface area (Å²) in [4.78, 5) is 0.903. The molecule has 0 fully saturated rings. The summed E-state index contributed by atoms with van der Waals surface area (Å²) in [5.41, 5.74) is 6.26. The molecule has 0 aliphatic rings. The van der Waals surface area contributed by atoms with E-state index in [0.717, 1.165) is 9.37 Å². The van der Waals surface area contributed by atoms with Gasteiger partial charge in [0.25, 0.3) is 0 Å². The number of amidine groups is 1. The van der Waals surface area contributed by atoms with Gasteiger partial charge in [0.1, 0.15) is 17.3 Å². The summed E-state index contributed by atoms with van der Waals surface area (Å²) in [6.07, 6.45) is 1.93. The summed E-state index contributed by atoms with van der Waals surface area (Å²) in [6.45, 7) is 0. The summed E-state index contributed by atoms with van der Waals surface area (Å²) in [6, 6.07) is 10.8. The molecule has 2 aromatic carbocycles. The second-order valence-electron chi connectivity index (χ2n) is 3.92. The number of nitrogens with two attached hydrogens (primary N) is 1. The van der Waals surface area contributed by atoms with E-state index in [4.69, 9.17) is 27.5 Å². The lowest BCUT2D eigenvalue weighted by Crippen LogP contribution is -2.13. The van der Waals surface area contributed by atoms with Crippen molar-refractivity contribution in [2.45, 2.75) is 4.90 Å². The molecule has 0 aliphatic heterocycles. The Bertz CT molecular complexity index is 664. The molecule has 0 saturated carbocycles. The van der Waals surface area contributed by atoms with E-state index in [1.165, 1.54) is 11.8 Å². The van der Waals surface area contributed by atoms with Gasteiger partial charge in [0.05, 0.1) is 10.0 Å². The maximum Gasteiger partial charge on any atom is 0.141 e. The first-order valence-electron chi connectivity index (χ1n) is 5.67. The van der Waals surface area contributed by atoms with Gasteiger partial charge in [0.15, 0.2) is 0 Å². The molecule has 0 spiro atoms. The zero-order valence-corrected chi connectivity index (χ0v) is 13.8. The van der Waals surface area contributed by atoms with Crippen LogP contribution in [0.3, 0.4) is 0 Å². The largest absolute Gasteiger partial charge is 0.455 e. The smallest absolute Gasteiger partial charge is 0.141 e. The molecule has 0 heterocycles. The van der Waals surface area contributed by atoms with Gasteiger partial charge < -0.3 is 10.5 Å². The summed E-state index contributed by atoms with van der Waals surface area (Å²) < 4.78 is 6.60. The van der Waals surface area contributed by atoms with Gasteiger partial charge in [-0.25, -0.2) is 0 Å². The topological polar surface area (TPSA) is 59.1 Å². The zero-order chi connectivity index (χ0) is 14.7. The number of hydrogen-bond donors (Lipinski definition) is 2. The highest BCUT2D eigenvalue weighted by molar-refractivity contribution is 9.10. The van der Waals surface area contributed by atoms with E-state index in [0.29, 0.717) is 22.1 Å². The van der Waals surface area contributed by atoms with Gasteiger partial charge in [-0.3, -0.25) is 5.41 Å². The van der Waals surface area contributed by atoms with Crippen LogP contribution in [0.1, 0.15) is 5.56 Å². The predicted octanol–water partition coefficient (Wildman–Crippen LogP) is 4.90. The Morgan fingerprint density at radius 3 is 2.65 bits per heavy atom. The predicted molar refractivity (Wildman–Crippen MR) is 88.5 cm³/mol. The highest BCUT2D eigenvalue weighted by Crippen LogP contribution is 2.35. The fourth-order valence-corrected chi connectivity index (χ4v) is 3.10. The molecule has 2 rings (SSSR count). The van der Waals surface area contributed by atoms with Gasteiger partial charge in [-0.2, -0.15) is 0 Å². The van der Waals surface area contributed by atoms with Crippen LogP contribution in [0.15, 0.2) is 45.8 Å². The molecule has 0 aliphatic carbocycles. The molecule has 3 nitrogen and oxygen atoms in total. The Labute approximate surface area is 135 Å². The van der Waals surface area contributed by atoms with Crippen molar-refractivity contribution in [1.82, 2.24) is 0 Å². The lowest BCUT2D eigenvalue weighted by Gasteiger charge is -2.14. The Morgan fingerprint density at radius 1 is 1.30 bits per heavy atom. The van der Waals surface area contributed by atoms with Crippen LogP contribution in [0.4, 0.5) is 0 Å². The first kappa shape index (κ1) is 15.2. The van der Waals surface area contributed by atoms with Gasteiger partial charge >= 0.3 is 0 Å². The third-order valence-electron chi connectivity index (χ3n) is 2.59. The van der Waals surface area contributed by atoms with Gasteiger partial charge in [-0.05, 0) is 52.5 Å². The third-order valence-corrected chi connectivity index (χ3v) is 4.23. The normalized spacial score (nSPS) is 10.3. The second kappa shape index (κ2) is 6.52. The minimum atomic E-state index is -0.0185. The number of nitrogens with one attached hydrogen (secondary N) is 1. The Hall–Kier alpha value is -1.17. The minimum Gasteiger partial charge on any atom is -0.455 e. The van der Waals surface area contributed by atoms with Crippen molar-refractivity contribution in [2.75, 3.05) is 6.26 Å². The average molecular weight is 372 g/mol. The van der Waals surface area contributed by atoms with E-state index in [2.05, 4.69) is 15.9 Å². The van der Waals surface area contributed by atoms with E-state index in [-0.39, 0.29) is 5.84 Å². The van der Waals surface area contributed by atoms with Crippen LogP contribution in [0.25, 0.3) is 0 Å². The van der Waals surface area contributed by atoms with Crippen LogP contribution in [-0.4, -0.2) is 12.1 Å².